The maximum absolute atomic E-state index is 12.3. The standard InChI is InChI=1S/C19H19Cl2NO3S/c1-10(2)25-19(24)17-11(3)12(4)26-18(17)22-16(23)9-8-13-14(20)6-5-7-15(13)21/h5-10H,1-4H3,(H,22,23). The zero-order chi connectivity index (χ0) is 19.4. The third-order valence-electron chi connectivity index (χ3n) is 3.57. The van der Waals surface area contributed by atoms with Crippen LogP contribution in [0.5, 0.6) is 0 Å². The van der Waals surface area contributed by atoms with Gasteiger partial charge < -0.3 is 10.1 Å². The summed E-state index contributed by atoms with van der Waals surface area (Å²) in [5, 5.41) is 4.10. The highest BCUT2D eigenvalue weighted by Gasteiger charge is 2.22. The zero-order valence-electron chi connectivity index (χ0n) is 14.9. The average molecular weight is 412 g/mol. The fraction of sp³-hybridized carbons (Fsp3) is 0.263. The number of rotatable bonds is 5. The molecule has 1 heterocycles. The third kappa shape index (κ3) is 4.87. The van der Waals surface area contributed by atoms with Crippen LogP contribution >= 0.6 is 34.5 Å². The lowest BCUT2D eigenvalue weighted by molar-refractivity contribution is -0.111. The van der Waals surface area contributed by atoms with E-state index < -0.39 is 5.97 Å². The summed E-state index contributed by atoms with van der Waals surface area (Å²) in [7, 11) is 0. The van der Waals surface area contributed by atoms with E-state index in [-0.39, 0.29) is 12.0 Å². The summed E-state index contributed by atoms with van der Waals surface area (Å²) in [6.07, 6.45) is 2.63. The van der Waals surface area contributed by atoms with Gasteiger partial charge in [-0.25, -0.2) is 4.79 Å². The van der Waals surface area contributed by atoms with Gasteiger partial charge >= 0.3 is 5.97 Å². The number of amides is 1. The van der Waals surface area contributed by atoms with Gasteiger partial charge in [0, 0.05) is 26.6 Å². The van der Waals surface area contributed by atoms with E-state index in [1.807, 2.05) is 13.8 Å². The Morgan fingerprint density at radius 3 is 2.38 bits per heavy atom. The van der Waals surface area contributed by atoms with Crippen LogP contribution in [0.3, 0.4) is 0 Å². The molecule has 1 aromatic carbocycles. The summed E-state index contributed by atoms with van der Waals surface area (Å²) in [4.78, 5) is 25.6. The van der Waals surface area contributed by atoms with E-state index in [1.165, 1.54) is 17.4 Å². The van der Waals surface area contributed by atoms with Gasteiger partial charge in [0.2, 0.25) is 5.91 Å². The molecule has 0 aliphatic rings. The lowest BCUT2D eigenvalue weighted by Gasteiger charge is -2.09. The van der Waals surface area contributed by atoms with Gasteiger partial charge in [0.15, 0.2) is 0 Å². The Morgan fingerprint density at radius 1 is 1.19 bits per heavy atom. The van der Waals surface area contributed by atoms with E-state index in [0.29, 0.717) is 26.2 Å². The van der Waals surface area contributed by atoms with Crippen molar-refractivity contribution in [1.82, 2.24) is 0 Å². The van der Waals surface area contributed by atoms with Gasteiger partial charge in [-0.15, -0.1) is 11.3 Å². The number of hydrogen-bond acceptors (Lipinski definition) is 4. The van der Waals surface area contributed by atoms with E-state index in [1.54, 1.807) is 38.1 Å². The topological polar surface area (TPSA) is 55.4 Å². The minimum Gasteiger partial charge on any atom is -0.459 e. The van der Waals surface area contributed by atoms with Crippen LogP contribution in [-0.2, 0) is 9.53 Å². The Labute approximate surface area is 166 Å². The quantitative estimate of drug-likeness (QED) is 0.492. The number of ether oxygens (including phenoxy) is 1. The Bertz CT molecular complexity index is 852. The SMILES string of the molecule is Cc1sc(NC(=O)C=Cc2c(Cl)cccc2Cl)c(C(=O)OC(C)C)c1C. The third-order valence-corrected chi connectivity index (χ3v) is 5.35. The van der Waals surface area contributed by atoms with Gasteiger partial charge in [0.05, 0.1) is 11.7 Å². The average Bonchev–Trinajstić information content (AvgIpc) is 2.80. The summed E-state index contributed by atoms with van der Waals surface area (Å²) >= 11 is 13.5. The largest absolute Gasteiger partial charge is 0.459 e. The van der Waals surface area contributed by atoms with Crippen molar-refractivity contribution < 1.29 is 14.3 Å². The molecule has 1 N–H and O–H groups in total. The molecule has 0 aliphatic carbocycles. The number of halogens is 2. The lowest BCUT2D eigenvalue weighted by atomic mass is 10.1. The molecule has 7 heteroatoms. The lowest BCUT2D eigenvalue weighted by Crippen LogP contribution is -2.15. The van der Waals surface area contributed by atoms with Crippen molar-refractivity contribution in [2.24, 2.45) is 0 Å². The van der Waals surface area contributed by atoms with Crippen molar-refractivity contribution in [2.45, 2.75) is 33.8 Å². The molecule has 1 amide bonds. The maximum atomic E-state index is 12.3. The fourth-order valence-corrected chi connectivity index (χ4v) is 3.79. The monoisotopic (exact) mass is 411 g/mol. The Kier molecular flexibility index (Phi) is 6.87. The number of carbonyl (C=O) groups is 2. The Morgan fingerprint density at radius 2 is 1.81 bits per heavy atom. The van der Waals surface area contributed by atoms with Crippen molar-refractivity contribution in [3.05, 3.63) is 55.9 Å². The van der Waals surface area contributed by atoms with Crippen LogP contribution < -0.4 is 5.32 Å². The molecule has 0 saturated heterocycles. The zero-order valence-corrected chi connectivity index (χ0v) is 17.2. The summed E-state index contributed by atoms with van der Waals surface area (Å²) < 4.78 is 5.28. The first-order chi connectivity index (χ1) is 12.2. The molecule has 0 unspecified atom stereocenters. The molecular formula is C19H19Cl2NO3S. The van der Waals surface area contributed by atoms with Crippen molar-refractivity contribution in [2.75, 3.05) is 5.32 Å². The number of esters is 1. The van der Waals surface area contributed by atoms with Crippen LogP contribution in [0.1, 0.15) is 40.2 Å². The summed E-state index contributed by atoms with van der Waals surface area (Å²) in [5.74, 6) is -0.837. The molecule has 2 aromatic rings. The van der Waals surface area contributed by atoms with Crippen molar-refractivity contribution in [3.63, 3.8) is 0 Å². The molecule has 0 spiro atoms. The first-order valence-corrected chi connectivity index (χ1v) is 9.52. The highest BCUT2D eigenvalue weighted by Crippen LogP contribution is 2.33. The normalized spacial score (nSPS) is 11.2. The molecule has 1 aromatic heterocycles. The summed E-state index contributed by atoms with van der Waals surface area (Å²) in [6.45, 7) is 7.28. The van der Waals surface area contributed by atoms with Crippen molar-refractivity contribution in [1.29, 1.82) is 0 Å². The van der Waals surface area contributed by atoms with Gasteiger partial charge in [0.1, 0.15) is 5.00 Å². The summed E-state index contributed by atoms with van der Waals surface area (Å²) in [5.41, 5.74) is 1.75. The van der Waals surface area contributed by atoms with Gasteiger partial charge in [-0.2, -0.15) is 0 Å². The predicted octanol–water partition coefficient (Wildman–Crippen LogP) is 5.89. The molecule has 2 rings (SSSR count). The van der Waals surface area contributed by atoms with Crippen molar-refractivity contribution >= 4 is 57.5 Å². The predicted molar refractivity (Wildman–Crippen MR) is 108 cm³/mol. The number of benzene rings is 1. The second kappa shape index (κ2) is 8.71. The second-order valence-corrected chi connectivity index (χ2v) is 7.94. The summed E-state index contributed by atoms with van der Waals surface area (Å²) in [6, 6.07) is 5.11. The number of hydrogen-bond donors (Lipinski definition) is 1. The molecule has 4 nitrogen and oxygen atoms in total. The van der Waals surface area contributed by atoms with E-state index in [0.717, 1.165) is 10.4 Å². The van der Waals surface area contributed by atoms with Gasteiger partial charge in [-0.1, -0.05) is 29.3 Å². The minimum absolute atomic E-state index is 0.243. The first-order valence-electron chi connectivity index (χ1n) is 7.94. The van der Waals surface area contributed by atoms with E-state index >= 15 is 0 Å². The molecular weight excluding hydrogens is 393 g/mol. The number of nitrogens with one attached hydrogen (secondary N) is 1. The van der Waals surface area contributed by atoms with Crippen molar-refractivity contribution in [3.8, 4) is 0 Å². The van der Waals surface area contributed by atoms with Crippen LogP contribution in [0.4, 0.5) is 5.00 Å². The van der Waals surface area contributed by atoms with Crippen LogP contribution in [0, 0.1) is 13.8 Å². The maximum Gasteiger partial charge on any atom is 0.341 e. The van der Waals surface area contributed by atoms with Crippen LogP contribution in [-0.4, -0.2) is 18.0 Å². The smallest absolute Gasteiger partial charge is 0.341 e. The minimum atomic E-state index is -0.449. The Balaban J connectivity index is 2.23. The number of thiophene rings is 1. The van der Waals surface area contributed by atoms with Gasteiger partial charge in [-0.05, 0) is 51.5 Å². The number of aryl methyl sites for hydroxylation is 1. The van der Waals surface area contributed by atoms with Gasteiger partial charge in [0.25, 0.3) is 0 Å². The van der Waals surface area contributed by atoms with E-state index in [2.05, 4.69) is 5.32 Å². The Hall–Kier alpha value is -1.82. The van der Waals surface area contributed by atoms with Gasteiger partial charge in [-0.3, -0.25) is 4.79 Å². The van der Waals surface area contributed by atoms with E-state index in [9.17, 15) is 9.59 Å². The van der Waals surface area contributed by atoms with E-state index in [4.69, 9.17) is 27.9 Å². The highest BCUT2D eigenvalue weighted by molar-refractivity contribution is 7.16. The fourth-order valence-electron chi connectivity index (χ4n) is 2.22. The van der Waals surface area contributed by atoms with Crippen LogP contribution in [0.2, 0.25) is 10.0 Å². The molecule has 26 heavy (non-hydrogen) atoms. The van der Waals surface area contributed by atoms with Crippen LogP contribution in [0.25, 0.3) is 6.08 Å². The molecule has 0 fully saturated rings. The number of anilines is 1. The molecule has 0 bridgehead atoms. The molecule has 0 radical (unpaired) electrons. The molecule has 0 atom stereocenters. The second-order valence-electron chi connectivity index (χ2n) is 5.90. The first kappa shape index (κ1) is 20.5. The van der Waals surface area contributed by atoms with Crippen LogP contribution in [0.15, 0.2) is 24.3 Å². The molecule has 138 valence electrons. The molecule has 0 saturated carbocycles. The number of carbonyl (C=O) groups excluding carboxylic acids is 2. The highest BCUT2D eigenvalue weighted by atomic mass is 35.5. The molecule has 0 aliphatic heterocycles.